The van der Waals surface area contributed by atoms with Crippen molar-refractivity contribution in [1.82, 2.24) is 5.43 Å². The topological polar surface area (TPSA) is 54.6 Å². The molecule has 0 bridgehead atoms. The molecule has 1 aromatic heterocycles. The third kappa shape index (κ3) is 3.51. The highest BCUT2D eigenvalue weighted by Gasteiger charge is 2.09. The summed E-state index contributed by atoms with van der Waals surface area (Å²) in [5, 5.41) is 3.93. The van der Waals surface area contributed by atoms with Crippen molar-refractivity contribution in [3.8, 4) is 0 Å². The molecule has 1 heterocycles. The molecular weight excluding hydrogens is 315 g/mol. The van der Waals surface area contributed by atoms with Gasteiger partial charge in [-0.15, -0.1) is 0 Å². The molecule has 2 rings (SSSR count). The molecule has 0 fully saturated rings. The molecule has 6 heteroatoms. The summed E-state index contributed by atoms with van der Waals surface area (Å²) in [6, 6.07) is 8.99. The average Bonchev–Trinajstić information content (AvgIpc) is 2.83. The molecule has 0 saturated heterocycles. The van der Waals surface area contributed by atoms with Gasteiger partial charge in [-0.3, -0.25) is 4.79 Å². The molecule has 0 aliphatic heterocycles. The molecule has 0 aliphatic carbocycles. The van der Waals surface area contributed by atoms with E-state index in [4.69, 9.17) is 4.42 Å². The normalized spacial score (nSPS) is 11.4. The van der Waals surface area contributed by atoms with E-state index in [1.165, 1.54) is 18.2 Å². The maximum Gasteiger partial charge on any atom is 0.307 e. The summed E-state index contributed by atoms with van der Waals surface area (Å²) in [6.45, 7) is 1.71. The van der Waals surface area contributed by atoms with Gasteiger partial charge in [0.25, 0.3) is 0 Å². The maximum atomic E-state index is 12.8. The molecule has 0 spiro atoms. The molecular formula is C13H10BrFN2O2. The lowest BCUT2D eigenvalue weighted by Gasteiger charge is -2.01. The van der Waals surface area contributed by atoms with E-state index < -0.39 is 5.91 Å². The number of amides is 1. The van der Waals surface area contributed by atoms with Crippen LogP contribution in [0, 0.1) is 5.82 Å². The number of nitrogens with one attached hydrogen (secondary N) is 1. The lowest BCUT2D eigenvalue weighted by Crippen LogP contribution is -2.18. The predicted octanol–water partition coefficient (Wildman–Crippen LogP) is 3.34. The van der Waals surface area contributed by atoms with E-state index in [2.05, 4.69) is 26.5 Å². The summed E-state index contributed by atoms with van der Waals surface area (Å²) in [6.07, 6.45) is 0. The molecule has 0 aliphatic rings. The second-order valence-corrected chi connectivity index (χ2v) is 4.53. The Morgan fingerprint density at radius 2 is 1.95 bits per heavy atom. The van der Waals surface area contributed by atoms with Crippen LogP contribution in [0.4, 0.5) is 4.39 Å². The molecule has 0 radical (unpaired) electrons. The Bertz CT molecular complexity index is 620. The van der Waals surface area contributed by atoms with E-state index in [1.54, 1.807) is 25.1 Å². The molecule has 1 aromatic carbocycles. The van der Waals surface area contributed by atoms with E-state index in [-0.39, 0.29) is 11.6 Å². The van der Waals surface area contributed by atoms with Crippen molar-refractivity contribution in [3.63, 3.8) is 0 Å². The van der Waals surface area contributed by atoms with Gasteiger partial charge >= 0.3 is 5.91 Å². The van der Waals surface area contributed by atoms with Crippen molar-refractivity contribution < 1.29 is 13.6 Å². The largest absolute Gasteiger partial charge is 0.444 e. The smallest absolute Gasteiger partial charge is 0.307 e. The first-order valence-electron chi connectivity index (χ1n) is 5.42. The summed E-state index contributed by atoms with van der Waals surface area (Å²) in [5.41, 5.74) is 3.66. The van der Waals surface area contributed by atoms with Crippen molar-refractivity contribution in [2.45, 2.75) is 6.92 Å². The monoisotopic (exact) mass is 324 g/mol. The number of hydrazone groups is 1. The fourth-order valence-electron chi connectivity index (χ4n) is 1.38. The van der Waals surface area contributed by atoms with Crippen molar-refractivity contribution in [2.24, 2.45) is 5.10 Å². The summed E-state index contributed by atoms with van der Waals surface area (Å²) in [5.74, 6) is -0.615. The Morgan fingerprint density at radius 1 is 1.26 bits per heavy atom. The van der Waals surface area contributed by atoms with E-state index in [0.717, 1.165) is 5.56 Å². The highest BCUT2D eigenvalue weighted by molar-refractivity contribution is 9.10. The number of rotatable bonds is 3. The first-order valence-corrected chi connectivity index (χ1v) is 6.21. The second kappa shape index (κ2) is 5.79. The highest BCUT2D eigenvalue weighted by atomic mass is 79.9. The van der Waals surface area contributed by atoms with Crippen LogP contribution in [-0.2, 0) is 0 Å². The van der Waals surface area contributed by atoms with E-state index in [9.17, 15) is 9.18 Å². The number of furan rings is 1. The zero-order chi connectivity index (χ0) is 13.8. The SMILES string of the molecule is CC(=NNC(=O)c1ccc(Br)o1)c1ccc(F)cc1. The molecule has 1 amide bonds. The Hall–Kier alpha value is -1.95. The van der Waals surface area contributed by atoms with Gasteiger partial charge in [-0.2, -0.15) is 5.10 Å². The number of carbonyl (C=O) groups is 1. The Kier molecular flexibility index (Phi) is 4.11. The number of hydrogen-bond acceptors (Lipinski definition) is 3. The van der Waals surface area contributed by atoms with E-state index in [1.807, 2.05) is 0 Å². The van der Waals surface area contributed by atoms with Crippen LogP contribution in [0.1, 0.15) is 23.0 Å². The zero-order valence-corrected chi connectivity index (χ0v) is 11.6. The zero-order valence-electron chi connectivity index (χ0n) is 9.98. The van der Waals surface area contributed by atoms with Crippen LogP contribution in [0.25, 0.3) is 0 Å². The van der Waals surface area contributed by atoms with Gasteiger partial charge in [-0.25, -0.2) is 9.82 Å². The maximum absolute atomic E-state index is 12.8. The van der Waals surface area contributed by atoms with Crippen LogP contribution in [0.3, 0.4) is 0 Å². The second-order valence-electron chi connectivity index (χ2n) is 3.75. The third-order valence-corrected chi connectivity index (χ3v) is 2.81. The van der Waals surface area contributed by atoms with Crippen LogP contribution in [0.15, 0.2) is 50.6 Å². The Labute approximate surface area is 117 Å². The first kappa shape index (κ1) is 13.5. The number of halogens is 2. The summed E-state index contributed by atoms with van der Waals surface area (Å²) in [7, 11) is 0. The molecule has 0 atom stereocenters. The minimum Gasteiger partial charge on any atom is -0.444 e. The molecule has 98 valence electrons. The van der Waals surface area contributed by atoms with Crippen LogP contribution in [0.5, 0.6) is 0 Å². The fraction of sp³-hybridized carbons (Fsp3) is 0.0769. The first-order chi connectivity index (χ1) is 9.06. The average molecular weight is 325 g/mol. The lowest BCUT2D eigenvalue weighted by molar-refractivity contribution is 0.0926. The number of hydrogen-bond donors (Lipinski definition) is 1. The Balaban J connectivity index is 2.06. The lowest BCUT2D eigenvalue weighted by atomic mass is 10.1. The van der Waals surface area contributed by atoms with Crippen LogP contribution in [-0.4, -0.2) is 11.6 Å². The number of nitrogens with zero attached hydrogens (tertiary/aromatic N) is 1. The highest BCUT2D eigenvalue weighted by Crippen LogP contribution is 2.13. The van der Waals surface area contributed by atoms with E-state index in [0.29, 0.717) is 10.4 Å². The van der Waals surface area contributed by atoms with Gasteiger partial charge in [0.15, 0.2) is 10.4 Å². The number of benzene rings is 1. The summed E-state index contributed by atoms with van der Waals surface area (Å²) in [4.78, 5) is 11.7. The van der Waals surface area contributed by atoms with Gasteiger partial charge in [0.1, 0.15) is 5.82 Å². The van der Waals surface area contributed by atoms with Gasteiger partial charge in [-0.05, 0) is 52.7 Å². The van der Waals surface area contributed by atoms with E-state index >= 15 is 0 Å². The number of carbonyl (C=O) groups excluding carboxylic acids is 1. The Morgan fingerprint density at radius 3 is 2.53 bits per heavy atom. The predicted molar refractivity (Wildman–Crippen MR) is 72.5 cm³/mol. The molecule has 19 heavy (non-hydrogen) atoms. The molecule has 0 unspecified atom stereocenters. The molecule has 0 saturated carbocycles. The molecule has 1 N–H and O–H groups in total. The summed E-state index contributed by atoms with van der Waals surface area (Å²) < 4.78 is 18.3. The van der Waals surface area contributed by atoms with Crippen molar-refractivity contribution in [1.29, 1.82) is 0 Å². The fourth-order valence-corrected chi connectivity index (χ4v) is 1.69. The quantitative estimate of drug-likeness (QED) is 0.695. The molecule has 2 aromatic rings. The van der Waals surface area contributed by atoms with Crippen molar-refractivity contribution in [3.05, 3.63) is 58.2 Å². The van der Waals surface area contributed by atoms with Gasteiger partial charge in [0, 0.05) is 0 Å². The van der Waals surface area contributed by atoms with Crippen LogP contribution < -0.4 is 5.43 Å². The van der Waals surface area contributed by atoms with Crippen LogP contribution in [0.2, 0.25) is 0 Å². The van der Waals surface area contributed by atoms with Gasteiger partial charge in [0.2, 0.25) is 0 Å². The van der Waals surface area contributed by atoms with Gasteiger partial charge < -0.3 is 4.42 Å². The summed E-state index contributed by atoms with van der Waals surface area (Å²) >= 11 is 3.11. The van der Waals surface area contributed by atoms with Crippen molar-refractivity contribution >= 4 is 27.5 Å². The standard InChI is InChI=1S/C13H10BrFN2O2/c1-8(9-2-4-10(15)5-3-9)16-17-13(18)11-6-7-12(14)19-11/h2-7H,1H3,(H,17,18). The molecule has 4 nitrogen and oxygen atoms in total. The van der Waals surface area contributed by atoms with Gasteiger partial charge in [-0.1, -0.05) is 12.1 Å². The van der Waals surface area contributed by atoms with Crippen molar-refractivity contribution in [2.75, 3.05) is 0 Å². The van der Waals surface area contributed by atoms with Gasteiger partial charge in [0.05, 0.1) is 5.71 Å². The van der Waals surface area contributed by atoms with Crippen LogP contribution >= 0.6 is 15.9 Å². The minimum absolute atomic E-state index is 0.155. The third-order valence-electron chi connectivity index (χ3n) is 2.38. The minimum atomic E-state index is -0.452.